The van der Waals surface area contributed by atoms with Crippen LogP contribution < -0.4 is 5.32 Å². The van der Waals surface area contributed by atoms with E-state index in [2.05, 4.69) is 101 Å². The average Bonchev–Trinajstić information content (AvgIpc) is 3.31. The number of fused-ring (bicyclic) bond motifs is 3. The van der Waals surface area contributed by atoms with Crippen LogP contribution in [0.5, 0.6) is 0 Å². The summed E-state index contributed by atoms with van der Waals surface area (Å²) in [5.74, 6) is 1.02. The van der Waals surface area contributed by atoms with Gasteiger partial charge in [-0.25, -0.2) is 9.97 Å². The van der Waals surface area contributed by atoms with E-state index in [0.717, 1.165) is 48.5 Å². The van der Waals surface area contributed by atoms with Crippen molar-refractivity contribution in [1.29, 1.82) is 0 Å². The molecule has 0 amide bonds. The number of hydrogen-bond donors (Lipinski definition) is 1. The smallest absolute Gasteiger partial charge is 0.160 e. The molecule has 4 aromatic carbocycles. The van der Waals surface area contributed by atoms with Gasteiger partial charge in [0, 0.05) is 23.4 Å². The molecule has 0 bridgehead atoms. The van der Waals surface area contributed by atoms with Crippen molar-refractivity contribution in [2.45, 2.75) is 18.9 Å². The molecule has 0 saturated carbocycles. The fourth-order valence-electron chi connectivity index (χ4n) is 5.53. The average molecular weight is 455 g/mol. The molecule has 170 valence electrons. The van der Waals surface area contributed by atoms with Crippen molar-refractivity contribution in [2.75, 3.05) is 13.1 Å². The summed E-state index contributed by atoms with van der Waals surface area (Å²) in [6.45, 7) is 2.04. The zero-order chi connectivity index (χ0) is 23.2. The number of imidazole rings is 1. The molecule has 0 atom stereocenters. The molecular weight excluding hydrogens is 428 g/mol. The second-order valence-corrected chi connectivity index (χ2v) is 9.44. The summed E-state index contributed by atoms with van der Waals surface area (Å²) in [4.78, 5) is 10.3. The molecule has 0 radical (unpaired) electrons. The lowest BCUT2D eigenvalue weighted by Crippen LogP contribution is -2.29. The van der Waals surface area contributed by atoms with Gasteiger partial charge in [0.25, 0.3) is 0 Å². The first-order valence-corrected chi connectivity index (χ1v) is 12.4. The Kier molecular flexibility index (Phi) is 4.85. The first kappa shape index (κ1) is 20.4. The molecular formula is C31H26N4. The summed E-state index contributed by atoms with van der Waals surface area (Å²) in [6, 6.07) is 32.8. The van der Waals surface area contributed by atoms with E-state index in [0.29, 0.717) is 6.04 Å². The molecule has 1 fully saturated rings. The highest BCUT2D eigenvalue weighted by Gasteiger charge is 2.24. The quantitative estimate of drug-likeness (QED) is 0.313. The van der Waals surface area contributed by atoms with Gasteiger partial charge < -0.3 is 9.88 Å². The zero-order valence-corrected chi connectivity index (χ0v) is 19.5. The number of aromatic nitrogens is 3. The van der Waals surface area contributed by atoms with E-state index in [9.17, 15) is 0 Å². The Hall–Kier alpha value is -4.02. The van der Waals surface area contributed by atoms with E-state index in [-0.39, 0.29) is 0 Å². The zero-order valence-electron chi connectivity index (χ0n) is 19.5. The molecule has 4 nitrogen and oxygen atoms in total. The van der Waals surface area contributed by atoms with Crippen molar-refractivity contribution >= 4 is 32.7 Å². The maximum absolute atomic E-state index is 5.24. The molecule has 35 heavy (non-hydrogen) atoms. The van der Waals surface area contributed by atoms with Crippen LogP contribution >= 0.6 is 0 Å². The van der Waals surface area contributed by atoms with Crippen LogP contribution in [0.15, 0.2) is 97.2 Å². The maximum atomic E-state index is 5.24. The number of nitrogens with zero attached hydrogens (tertiary/aromatic N) is 3. The van der Waals surface area contributed by atoms with Gasteiger partial charge in [-0.05, 0) is 65.2 Å². The summed E-state index contributed by atoms with van der Waals surface area (Å²) in [7, 11) is 0. The predicted octanol–water partition coefficient (Wildman–Crippen LogP) is 7.00. The lowest BCUT2D eigenvalue weighted by Gasteiger charge is -2.26. The van der Waals surface area contributed by atoms with Gasteiger partial charge in [0.15, 0.2) is 5.65 Å². The van der Waals surface area contributed by atoms with Crippen molar-refractivity contribution in [3.8, 4) is 22.5 Å². The van der Waals surface area contributed by atoms with Crippen LogP contribution in [0, 0.1) is 0 Å². The molecule has 6 aromatic rings. The fraction of sp³-hybridized carbons (Fsp3) is 0.161. The minimum atomic E-state index is 0.384. The highest BCUT2D eigenvalue weighted by atomic mass is 15.2. The van der Waals surface area contributed by atoms with Gasteiger partial charge in [-0.15, -0.1) is 0 Å². The number of hydrogen-bond acceptors (Lipinski definition) is 3. The molecule has 4 heteroatoms. The summed E-state index contributed by atoms with van der Waals surface area (Å²) in [5.41, 5.74) is 5.37. The van der Waals surface area contributed by atoms with Crippen LogP contribution in [-0.2, 0) is 0 Å². The third-order valence-corrected chi connectivity index (χ3v) is 7.32. The Labute approximate surface area is 204 Å². The van der Waals surface area contributed by atoms with E-state index in [4.69, 9.17) is 9.97 Å². The van der Waals surface area contributed by atoms with Crippen molar-refractivity contribution in [1.82, 2.24) is 19.9 Å². The van der Waals surface area contributed by atoms with Gasteiger partial charge in [0.2, 0.25) is 0 Å². The SMILES string of the molecule is c1ccc2cc(-c3cnc4c(c3)nc(-c3cccc5ccccc35)n4C3CCNCC3)ccc2c1. The fourth-order valence-corrected chi connectivity index (χ4v) is 5.53. The maximum Gasteiger partial charge on any atom is 0.160 e. The summed E-state index contributed by atoms with van der Waals surface area (Å²) in [6.07, 6.45) is 4.17. The first-order valence-electron chi connectivity index (χ1n) is 12.4. The normalized spacial score (nSPS) is 14.7. The Balaban J connectivity index is 1.44. The first-order chi connectivity index (χ1) is 17.3. The molecule has 1 aliphatic heterocycles. The van der Waals surface area contributed by atoms with Crippen molar-refractivity contribution in [3.63, 3.8) is 0 Å². The molecule has 0 aliphatic carbocycles. The minimum Gasteiger partial charge on any atom is -0.317 e. The van der Waals surface area contributed by atoms with Gasteiger partial charge in [0.05, 0.1) is 0 Å². The molecule has 1 saturated heterocycles. The molecule has 0 spiro atoms. The van der Waals surface area contributed by atoms with Gasteiger partial charge in [-0.2, -0.15) is 0 Å². The van der Waals surface area contributed by atoms with Gasteiger partial charge >= 0.3 is 0 Å². The molecule has 1 N–H and O–H groups in total. The molecule has 1 aliphatic rings. The number of piperidine rings is 1. The number of rotatable bonds is 3. The van der Waals surface area contributed by atoms with Crippen molar-refractivity contribution in [2.24, 2.45) is 0 Å². The van der Waals surface area contributed by atoms with Crippen LogP contribution in [0.2, 0.25) is 0 Å². The third kappa shape index (κ3) is 3.49. The van der Waals surface area contributed by atoms with Gasteiger partial charge in [-0.1, -0.05) is 78.9 Å². The Morgan fingerprint density at radius 2 is 1.49 bits per heavy atom. The number of benzene rings is 4. The molecule has 0 unspecified atom stereocenters. The molecule has 7 rings (SSSR count). The number of nitrogens with one attached hydrogen (secondary N) is 1. The van der Waals surface area contributed by atoms with Crippen molar-refractivity contribution in [3.05, 3.63) is 97.2 Å². The van der Waals surface area contributed by atoms with Crippen LogP contribution in [-0.4, -0.2) is 27.6 Å². The Morgan fingerprint density at radius 3 is 2.37 bits per heavy atom. The van der Waals surface area contributed by atoms with E-state index in [1.165, 1.54) is 32.7 Å². The van der Waals surface area contributed by atoms with Crippen LogP contribution in [0.25, 0.3) is 55.2 Å². The number of pyridine rings is 1. The lowest BCUT2D eigenvalue weighted by molar-refractivity contribution is 0.376. The topological polar surface area (TPSA) is 42.7 Å². The van der Waals surface area contributed by atoms with E-state index in [1.807, 2.05) is 6.20 Å². The van der Waals surface area contributed by atoms with E-state index < -0.39 is 0 Å². The molecule has 2 aromatic heterocycles. The second kappa shape index (κ2) is 8.33. The highest BCUT2D eigenvalue weighted by molar-refractivity contribution is 5.97. The van der Waals surface area contributed by atoms with Crippen LogP contribution in [0.4, 0.5) is 0 Å². The van der Waals surface area contributed by atoms with Crippen molar-refractivity contribution < 1.29 is 0 Å². The predicted molar refractivity (Wildman–Crippen MR) is 145 cm³/mol. The van der Waals surface area contributed by atoms with Crippen LogP contribution in [0.3, 0.4) is 0 Å². The highest BCUT2D eigenvalue weighted by Crippen LogP contribution is 2.36. The Bertz CT molecular complexity index is 1690. The largest absolute Gasteiger partial charge is 0.317 e. The Morgan fingerprint density at radius 1 is 0.714 bits per heavy atom. The van der Waals surface area contributed by atoms with Gasteiger partial charge in [-0.3, -0.25) is 0 Å². The second-order valence-electron chi connectivity index (χ2n) is 9.44. The summed E-state index contributed by atoms with van der Waals surface area (Å²) < 4.78 is 2.40. The van der Waals surface area contributed by atoms with E-state index in [1.54, 1.807) is 0 Å². The minimum absolute atomic E-state index is 0.384. The van der Waals surface area contributed by atoms with Gasteiger partial charge in [0.1, 0.15) is 11.3 Å². The van der Waals surface area contributed by atoms with E-state index >= 15 is 0 Å². The third-order valence-electron chi connectivity index (χ3n) is 7.32. The standard InChI is InChI=1S/C31H26N4/c1-2-8-23-18-24(13-12-21(23)6-1)25-19-29-31(33-20-25)35(26-14-16-32-17-15-26)30(34-29)28-11-5-9-22-7-3-4-10-27(22)28/h1-13,18-20,26,32H,14-17H2. The summed E-state index contributed by atoms with van der Waals surface area (Å²) in [5, 5.41) is 8.46. The summed E-state index contributed by atoms with van der Waals surface area (Å²) >= 11 is 0. The monoisotopic (exact) mass is 454 g/mol. The lowest BCUT2D eigenvalue weighted by atomic mass is 10.0. The molecule has 3 heterocycles. The van der Waals surface area contributed by atoms with Crippen LogP contribution in [0.1, 0.15) is 18.9 Å².